The molecule has 122 valence electrons. The molecule has 0 saturated heterocycles. The number of carbonyl (C=O) groups is 1. The first-order valence-electron chi connectivity index (χ1n) is 6.87. The van der Waals surface area contributed by atoms with E-state index in [1.54, 1.807) is 12.1 Å². The third kappa shape index (κ3) is 4.03. The first-order valence-corrected chi connectivity index (χ1v) is 8.73. The summed E-state index contributed by atoms with van der Waals surface area (Å²) in [4.78, 5) is 11.9. The van der Waals surface area contributed by atoms with Gasteiger partial charge in [0, 0.05) is 5.02 Å². The number of halogens is 1. The van der Waals surface area contributed by atoms with Crippen molar-refractivity contribution in [3.8, 4) is 0 Å². The minimum absolute atomic E-state index is 0.0731. The Bertz CT molecular complexity index is 816. The highest BCUT2D eigenvalue weighted by molar-refractivity contribution is 7.92. The van der Waals surface area contributed by atoms with Crippen LogP contribution in [0.1, 0.15) is 22.8 Å². The molecule has 5 nitrogen and oxygen atoms in total. The average molecular weight is 354 g/mol. The van der Waals surface area contributed by atoms with Crippen LogP contribution < -0.4 is 4.72 Å². The maximum Gasteiger partial charge on any atom is 0.339 e. The van der Waals surface area contributed by atoms with Crippen LogP contribution in [-0.4, -0.2) is 21.5 Å². The number of methoxy groups -OCH3 is 1. The smallest absolute Gasteiger partial charge is 0.339 e. The third-order valence-electron chi connectivity index (χ3n) is 3.27. The van der Waals surface area contributed by atoms with Crippen molar-refractivity contribution in [1.29, 1.82) is 0 Å². The minimum Gasteiger partial charge on any atom is -0.465 e. The second-order valence-corrected chi connectivity index (χ2v) is 6.90. The standard InChI is InChI=1S/C16H16ClNO4S/c1-3-11-4-7-13(8-5-11)23(20,21)18-15-10-12(17)6-9-14(15)16(19)22-2/h4-10,18H,3H2,1-2H3. The van der Waals surface area contributed by atoms with Gasteiger partial charge in [0.1, 0.15) is 0 Å². The Labute approximate surface area is 140 Å². The molecule has 0 atom stereocenters. The van der Waals surface area contributed by atoms with Crippen LogP contribution in [0.5, 0.6) is 0 Å². The van der Waals surface area contributed by atoms with E-state index in [4.69, 9.17) is 11.6 Å². The molecule has 2 aromatic carbocycles. The van der Waals surface area contributed by atoms with Crippen LogP contribution in [0.3, 0.4) is 0 Å². The summed E-state index contributed by atoms with van der Waals surface area (Å²) in [7, 11) is -2.61. The molecule has 0 bridgehead atoms. The molecule has 1 N–H and O–H groups in total. The molecule has 0 spiro atoms. The lowest BCUT2D eigenvalue weighted by molar-refractivity contribution is 0.0602. The monoisotopic (exact) mass is 353 g/mol. The quantitative estimate of drug-likeness (QED) is 0.835. The molecule has 23 heavy (non-hydrogen) atoms. The second-order valence-electron chi connectivity index (χ2n) is 4.78. The summed E-state index contributed by atoms with van der Waals surface area (Å²) in [5.74, 6) is -0.652. The van der Waals surface area contributed by atoms with Crippen LogP contribution in [0.2, 0.25) is 5.02 Å². The molecule has 2 rings (SSSR count). The van der Waals surface area contributed by atoms with Gasteiger partial charge < -0.3 is 4.74 Å². The van der Waals surface area contributed by atoms with E-state index in [0.29, 0.717) is 5.02 Å². The predicted molar refractivity (Wildman–Crippen MR) is 89.4 cm³/mol. The number of esters is 1. The molecule has 0 saturated carbocycles. The van der Waals surface area contributed by atoms with Crippen LogP contribution in [0.15, 0.2) is 47.4 Å². The van der Waals surface area contributed by atoms with Gasteiger partial charge in [-0.05, 0) is 42.3 Å². The van der Waals surface area contributed by atoms with Crippen molar-refractivity contribution in [3.05, 3.63) is 58.6 Å². The van der Waals surface area contributed by atoms with Gasteiger partial charge in [0.2, 0.25) is 0 Å². The van der Waals surface area contributed by atoms with E-state index in [-0.39, 0.29) is 16.1 Å². The van der Waals surface area contributed by atoms with E-state index in [9.17, 15) is 13.2 Å². The topological polar surface area (TPSA) is 72.5 Å². The number of ether oxygens (including phenoxy) is 1. The first-order chi connectivity index (χ1) is 10.9. The van der Waals surface area contributed by atoms with Crippen LogP contribution in [0.25, 0.3) is 0 Å². The van der Waals surface area contributed by atoms with Crippen LogP contribution >= 0.6 is 11.6 Å². The second kappa shape index (κ2) is 7.02. The van der Waals surface area contributed by atoms with Crippen LogP contribution in [0.4, 0.5) is 5.69 Å². The number of nitrogens with one attached hydrogen (secondary N) is 1. The molecule has 0 unspecified atom stereocenters. The molecular formula is C16H16ClNO4S. The molecule has 0 aromatic heterocycles. The maximum atomic E-state index is 12.5. The summed E-state index contributed by atoms with van der Waals surface area (Å²) in [5, 5.41) is 0.302. The normalized spacial score (nSPS) is 11.1. The number of hydrogen-bond acceptors (Lipinski definition) is 4. The maximum absolute atomic E-state index is 12.5. The van der Waals surface area contributed by atoms with Gasteiger partial charge in [-0.2, -0.15) is 0 Å². The number of anilines is 1. The molecule has 0 amide bonds. The van der Waals surface area contributed by atoms with Gasteiger partial charge >= 0.3 is 5.97 Å². The molecule has 0 fully saturated rings. The van der Waals surface area contributed by atoms with Crippen molar-refractivity contribution in [2.45, 2.75) is 18.2 Å². The highest BCUT2D eigenvalue weighted by Gasteiger charge is 2.19. The zero-order chi connectivity index (χ0) is 17.0. The Kier molecular flexibility index (Phi) is 5.28. The summed E-state index contributed by atoms with van der Waals surface area (Å²) in [6.45, 7) is 1.98. The fourth-order valence-corrected chi connectivity index (χ4v) is 3.24. The van der Waals surface area contributed by atoms with Crippen molar-refractivity contribution in [2.75, 3.05) is 11.8 Å². The number of sulfonamides is 1. The minimum atomic E-state index is -3.84. The Morgan fingerprint density at radius 3 is 2.39 bits per heavy atom. The number of rotatable bonds is 5. The molecule has 0 aliphatic heterocycles. The van der Waals surface area contributed by atoms with E-state index in [1.165, 1.54) is 37.4 Å². The molecule has 0 aliphatic rings. The summed E-state index contributed by atoms with van der Waals surface area (Å²) in [6, 6.07) is 10.8. The van der Waals surface area contributed by atoms with Crippen LogP contribution in [0, 0.1) is 0 Å². The fraction of sp³-hybridized carbons (Fsp3) is 0.188. The van der Waals surface area contributed by atoms with Gasteiger partial charge in [0.25, 0.3) is 10.0 Å². The summed E-state index contributed by atoms with van der Waals surface area (Å²) in [5.41, 5.74) is 1.19. The Morgan fingerprint density at radius 2 is 1.83 bits per heavy atom. The molecule has 7 heteroatoms. The summed E-state index contributed by atoms with van der Waals surface area (Å²) in [6.07, 6.45) is 0.814. The number of benzene rings is 2. The van der Waals surface area contributed by atoms with Crippen molar-refractivity contribution in [3.63, 3.8) is 0 Å². The van der Waals surface area contributed by atoms with E-state index < -0.39 is 16.0 Å². The number of hydrogen-bond donors (Lipinski definition) is 1. The van der Waals surface area contributed by atoms with Crippen molar-refractivity contribution < 1.29 is 17.9 Å². The number of carbonyl (C=O) groups excluding carboxylic acids is 1. The van der Waals surface area contributed by atoms with Gasteiger partial charge in [0.05, 0.1) is 23.3 Å². The van der Waals surface area contributed by atoms with Gasteiger partial charge in [-0.15, -0.1) is 0 Å². The van der Waals surface area contributed by atoms with Crippen LogP contribution in [-0.2, 0) is 21.2 Å². The lowest BCUT2D eigenvalue weighted by Crippen LogP contribution is -2.16. The van der Waals surface area contributed by atoms with Crippen molar-refractivity contribution >= 4 is 33.3 Å². The SMILES string of the molecule is CCc1ccc(S(=O)(=O)Nc2cc(Cl)ccc2C(=O)OC)cc1. The summed E-state index contributed by atoms with van der Waals surface area (Å²) >= 11 is 5.89. The average Bonchev–Trinajstić information content (AvgIpc) is 2.54. The van der Waals surface area contributed by atoms with E-state index in [1.807, 2.05) is 6.92 Å². The Hall–Kier alpha value is -2.05. The first kappa shape index (κ1) is 17.3. The van der Waals surface area contributed by atoms with E-state index in [0.717, 1.165) is 12.0 Å². The zero-order valence-corrected chi connectivity index (χ0v) is 14.2. The molecule has 0 aliphatic carbocycles. The van der Waals surface area contributed by atoms with Gasteiger partial charge in [-0.25, -0.2) is 13.2 Å². The largest absolute Gasteiger partial charge is 0.465 e. The Balaban J connectivity index is 2.40. The lowest BCUT2D eigenvalue weighted by Gasteiger charge is -2.12. The molecule has 0 heterocycles. The fourth-order valence-electron chi connectivity index (χ4n) is 2.00. The van der Waals surface area contributed by atoms with E-state index in [2.05, 4.69) is 9.46 Å². The Morgan fingerprint density at radius 1 is 1.17 bits per heavy atom. The van der Waals surface area contributed by atoms with Crippen molar-refractivity contribution in [2.24, 2.45) is 0 Å². The zero-order valence-electron chi connectivity index (χ0n) is 12.7. The van der Waals surface area contributed by atoms with Gasteiger partial charge in [-0.1, -0.05) is 30.7 Å². The van der Waals surface area contributed by atoms with Gasteiger partial charge in [0.15, 0.2) is 0 Å². The highest BCUT2D eigenvalue weighted by atomic mass is 35.5. The number of aryl methyl sites for hydroxylation is 1. The molecule has 2 aromatic rings. The van der Waals surface area contributed by atoms with E-state index >= 15 is 0 Å². The predicted octanol–water partition coefficient (Wildman–Crippen LogP) is 3.49. The van der Waals surface area contributed by atoms with Gasteiger partial charge in [-0.3, -0.25) is 4.72 Å². The third-order valence-corrected chi connectivity index (χ3v) is 4.89. The molecular weight excluding hydrogens is 338 g/mol. The summed E-state index contributed by atoms with van der Waals surface area (Å²) < 4.78 is 32.0. The lowest BCUT2D eigenvalue weighted by atomic mass is 10.2. The molecule has 0 radical (unpaired) electrons. The van der Waals surface area contributed by atoms with Crippen molar-refractivity contribution in [1.82, 2.24) is 0 Å². The highest BCUT2D eigenvalue weighted by Crippen LogP contribution is 2.25.